The average molecular weight is 551 g/mol. The van der Waals surface area contributed by atoms with Gasteiger partial charge in [0.25, 0.3) is 11.5 Å². The van der Waals surface area contributed by atoms with E-state index >= 15 is 0 Å². The molecule has 3 heterocycles. The van der Waals surface area contributed by atoms with Crippen LogP contribution in [-0.2, 0) is 6.54 Å². The maximum Gasteiger partial charge on any atom is 0.297 e. The molecule has 0 aliphatic rings. The van der Waals surface area contributed by atoms with Gasteiger partial charge in [-0.15, -0.1) is 11.3 Å². The van der Waals surface area contributed by atoms with Gasteiger partial charge in [-0.05, 0) is 60.2 Å². The SMILES string of the molecule is Cc1ccc(C(=O)N(CCN)[C@@H](c2nc3c(oc4ccc(F)cc43)c(=O)n2Cc2cccs2)C(C)C)cc1F. The van der Waals surface area contributed by atoms with Crippen LogP contribution in [0.2, 0.25) is 0 Å². The number of carbonyl (C=O) groups excluding carboxylic acids is 1. The summed E-state index contributed by atoms with van der Waals surface area (Å²) < 4.78 is 36.0. The van der Waals surface area contributed by atoms with Crippen molar-refractivity contribution in [2.24, 2.45) is 11.7 Å². The Morgan fingerprint density at radius 3 is 2.64 bits per heavy atom. The Balaban J connectivity index is 1.76. The number of hydrogen-bond acceptors (Lipinski definition) is 6. The smallest absolute Gasteiger partial charge is 0.297 e. The van der Waals surface area contributed by atoms with E-state index in [1.54, 1.807) is 19.1 Å². The lowest BCUT2D eigenvalue weighted by atomic mass is 9.99. The standard InChI is InChI=1S/C29H28F2N4O3S/c1-16(2)25(34(11-10-32)28(36)18-7-6-17(3)22(31)13-18)27-33-24-21-14-19(30)8-9-23(21)38-26(24)29(37)35(27)15-20-5-4-12-39-20/h4-9,12-14,16,25H,10-11,15,32H2,1-3H3/t25-/m1/s1. The summed E-state index contributed by atoms with van der Waals surface area (Å²) in [5.74, 6) is -1.31. The highest BCUT2D eigenvalue weighted by molar-refractivity contribution is 7.09. The maximum atomic E-state index is 14.4. The molecule has 1 atom stereocenters. The largest absolute Gasteiger partial charge is 0.448 e. The summed E-state index contributed by atoms with van der Waals surface area (Å²) in [5, 5.41) is 2.28. The van der Waals surface area contributed by atoms with Crippen LogP contribution in [0.15, 0.2) is 63.1 Å². The van der Waals surface area contributed by atoms with Crippen molar-refractivity contribution in [2.45, 2.75) is 33.4 Å². The Labute approximate surface area is 227 Å². The molecule has 0 saturated heterocycles. The van der Waals surface area contributed by atoms with Crippen molar-refractivity contribution >= 4 is 39.3 Å². The van der Waals surface area contributed by atoms with Crippen LogP contribution in [0.25, 0.3) is 22.1 Å². The minimum atomic E-state index is -0.707. The summed E-state index contributed by atoms with van der Waals surface area (Å²) in [5.41, 5.74) is 6.67. The second kappa shape index (κ2) is 10.7. The number of benzene rings is 2. The van der Waals surface area contributed by atoms with Crippen molar-refractivity contribution < 1.29 is 18.0 Å². The van der Waals surface area contributed by atoms with E-state index in [4.69, 9.17) is 15.1 Å². The summed E-state index contributed by atoms with van der Waals surface area (Å²) in [6, 6.07) is 11.4. The molecule has 39 heavy (non-hydrogen) atoms. The second-order valence-corrected chi connectivity index (χ2v) is 10.8. The fourth-order valence-electron chi connectivity index (χ4n) is 4.85. The molecule has 0 aliphatic carbocycles. The molecule has 0 saturated carbocycles. The molecular formula is C29H28F2N4O3S. The lowest BCUT2D eigenvalue weighted by molar-refractivity contribution is 0.0612. The summed E-state index contributed by atoms with van der Waals surface area (Å²) >= 11 is 1.48. The third kappa shape index (κ3) is 4.97. The van der Waals surface area contributed by atoms with Crippen molar-refractivity contribution in [3.8, 4) is 0 Å². The van der Waals surface area contributed by atoms with E-state index in [0.29, 0.717) is 22.4 Å². The highest BCUT2D eigenvalue weighted by atomic mass is 32.1. The van der Waals surface area contributed by atoms with E-state index < -0.39 is 29.1 Å². The number of rotatable bonds is 8. The molecule has 0 radical (unpaired) electrons. The Bertz CT molecular complexity index is 1730. The van der Waals surface area contributed by atoms with E-state index in [0.717, 1.165) is 4.88 Å². The molecular weight excluding hydrogens is 522 g/mol. The zero-order valence-electron chi connectivity index (χ0n) is 21.8. The van der Waals surface area contributed by atoms with E-state index in [1.807, 2.05) is 31.4 Å². The van der Waals surface area contributed by atoms with Crippen LogP contribution in [0.5, 0.6) is 0 Å². The first-order chi connectivity index (χ1) is 18.7. The zero-order chi connectivity index (χ0) is 27.8. The number of fused-ring (bicyclic) bond motifs is 3. The van der Waals surface area contributed by atoms with E-state index in [9.17, 15) is 18.4 Å². The minimum Gasteiger partial charge on any atom is -0.448 e. The molecule has 3 aromatic heterocycles. The van der Waals surface area contributed by atoms with E-state index in [-0.39, 0.29) is 42.2 Å². The fraction of sp³-hybridized carbons (Fsp3) is 0.276. The van der Waals surface area contributed by atoms with E-state index in [1.165, 1.54) is 45.1 Å². The third-order valence-electron chi connectivity index (χ3n) is 6.74. The summed E-state index contributed by atoms with van der Waals surface area (Å²) in [4.78, 5) is 35.1. The van der Waals surface area contributed by atoms with Crippen LogP contribution in [-0.4, -0.2) is 33.4 Å². The minimum absolute atomic E-state index is 0.00993. The molecule has 2 aromatic carbocycles. The van der Waals surface area contributed by atoms with Gasteiger partial charge in [-0.3, -0.25) is 14.2 Å². The summed E-state index contributed by atoms with van der Waals surface area (Å²) in [7, 11) is 0. The fourth-order valence-corrected chi connectivity index (χ4v) is 5.54. The second-order valence-electron chi connectivity index (χ2n) is 9.80. The molecule has 0 bridgehead atoms. The lowest BCUT2D eigenvalue weighted by Gasteiger charge is -2.35. The molecule has 0 aliphatic heterocycles. The molecule has 5 rings (SSSR count). The predicted octanol–water partition coefficient (Wildman–Crippen LogP) is 5.64. The number of nitrogens with zero attached hydrogens (tertiary/aromatic N) is 3. The first kappa shape index (κ1) is 26.7. The van der Waals surface area contributed by atoms with Gasteiger partial charge in [0.15, 0.2) is 0 Å². The van der Waals surface area contributed by atoms with Gasteiger partial charge in [0, 0.05) is 28.9 Å². The van der Waals surface area contributed by atoms with Gasteiger partial charge in [0.05, 0.1) is 12.6 Å². The van der Waals surface area contributed by atoms with Gasteiger partial charge in [0.1, 0.15) is 28.6 Å². The number of aromatic nitrogens is 2. The lowest BCUT2D eigenvalue weighted by Crippen LogP contribution is -2.43. The van der Waals surface area contributed by atoms with Crippen LogP contribution < -0.4 is 11.3 Å². The van der Waals surface area contributed by atoms with Gasteiger partial charge < -0.3 is 15.1 Å². The van der Waals surface area contributed by atoms with Crippen molar-refractivity contribution in [2.75, 3.05) is 13.1 Å². The highest BCUT2D eigenvalue weighted by Gasteiger charge is 2.33. The van der Waals surface area contributed by atoms with Crippen LogP contribution in [0.4, 0.5) is 8.78 Å². The molecule has 0 spiro atoms. The maximum absolute atomic E-state index is 14.4. The normalized spacial score (nSPS) is 12.5. The van der Waals surface area contributed by atoms with Crippen molar-refractivity contribution in [1.29, 1.82) is 0 Å². The van der Waals surface area contributed by atoms with Gasteiger partial charge in [-0.2, -0.15) is 0 Å². The van der Waals surface area contributed by atoms with Crippen molar-refractivity contribution in [3.63, 3.8) is 0 Å². The summed E-state index contributed by atoms with van der Waals surface area (Å²) in [6.45, 7) is 5.93. The van der Waals surface area contributed by atoms with Gasteiger partial charge >= 0.3 is 0 Å². The number of carbonyl (C=O) groups is 1. The molecule has 5 aromatic rings. The number of furan rings is 1. The Kier molecular flexibility index (Phi) is 7.33. The monoisotopic (exact) mass is 550 g/mol. The average Bonchev–Trinajstić information content (AvgIpc) is 3.55. The summed E-state index contributed by atoms with van der Waals surface area (Å²) in [6.07, 6.45) is 0. The van der Waals surface area contributed by atoms with Crippen LogP contribution in [0, 0.1) is 24.5 Å². The Morgan fingerprint density at radius 2 is 1.97 bits per heavy atom. The Hall–Kier alpha value is -3.89. The number of halogens is 2. The van der Waals surface area contributed by atoms with Gasteiger partial charge in [-0.1, -0.05) is 26.0 Å². The van der Waals surface area contributed by atoms with Crippen LogP contribution in [0.1, 0.15) is 46.5 Å². The molecule has 0 fully saturated rings. The first-order valence-corrected chi connectivity index (χ1v) is 13.5. The molecule has 1 amide bonds. The highest BCUT2D eigenvalue weighted by Crippen LogP contribution is 2.33. The number of aryl methyl sites for hydroxylation is 1. The van der Waals surface area contributed by atoms with Gasteiger partial charge in [0.2, 0.25) is 5.58 Å². The number of nitrogens with two attached hydrogens (primary N) is 1. The van der Waals surface area contributed by atoms with E-state index in [2.05, 4.69) is 0 Å². The molecule has 202 valence electrons. The number of amides is 1. The van der Waals surface area contributed by atoms with Crippen molar-refractivity contribution in [1.82, 2.24) is 14.5 Å². The molecule has 7 nitrogen and oxygen atoms in total. The topological polar surface area (TPSA) is 94.4 Å². The number of hydrogen-bond donors (Lipinski definition) is 1. The van der Waals surface area contributed by atoms with Crippen LogP contribution >= 0.6 is 11.3 Å². The number of thiophene rings is 1. The molecule has 0 unspecified atom stereocenters. The predicted molar refractivity (Wildman–Crippen MR) is 148 cm³/mol. The Morgan fingerprint density at radius 1 is 1.18 bits per heavy atom. The zero-order valence-corrected chi connectivity index (χ0v) is 22.6. The first-order valence-electron chi connectivity index (χ1n) is 12.6. The molecule has 2 N–H and O–H groups in total. The van der Waals surface area contributed by atoms with Crippen molar-refractivity contribution in [3.05, 3.63) is 97.7 Å². The van der Waals surface area contributed by atoms with Crippen LogP contribution in [0.3, 0.4) is 0 Å². The third-order valence-corrected chi connectivity index (χ3v) is 7.60. The quantitative estimate of drug-likeness (QED) is 0.270. The molecule has 10 heteroatoms. The van der Waals surface area contributed by atoms with Gasteiger partial charge in [-0.25, -0.2) is 13.8 Å².